The molecular formula is C45H36F3N5. The van der Waals surface area contributed by atoms with Gasteiger partial charge in [0.05, 0.1) is 28.3 Å². The van der Waals surface area contributed by atoms with Crippen molar-refractivity contribution >= 4 is 64.2 Å². The molecule has 8 rings (SSSR count). The van der Waals surface area contributed by atoms with Gasteiger partial charge in [-0.1, -0.05) is 66.7 Å². The number of nitrogens with zero attached hydrogens (tertiary/aromatic N) is 3. The minimum Gasteiger partial charge on any atom is -0.372 e. The number of halogens is 3. The van der Waals surface area contributed by atoms with Crippen LogP contribution in [-0.4, -0.2) is 33.0 Å². The summed E-state index contributed by atoms with van der Waals surface area (Å²) in [6, 6.07) is 33.9. The summed E-state index contributed by atoms with van der Waals surface area (Å²) in [6.07, 6.45) is 7.14. The molecule has 5 nitrogen and oxygen atoms in total. The van der Waals surface area contributed by atoms with E-state index in [0.29, 0.717) is 28.0 Å². The molecule has 262 valence electrons. The molecule has 0 radical (unpaired) electrons. The van der Waals surface area contributed by atoms with Crippen LogP contribution in [0.1, 0.15) is 53.3 Å². The van der Waals surface area contributed by atoms with E-state index in [9.17, 15) is 13.2 Å². The van der Waals surface area contributed by atoms with E-state index in [1.807, 2.05) is 48.6 Å². The molecule has 0 saturated heterocycles. The number of rotatable bonds is 7. The Morgan fingerprint density at radius 3 is 1.74 bits per heavy atom. The molecule has 0 saturated carbocycles. The Morgan fingerprint density at radius 1 is 0.604 bits per heavy atom. The number of alkyl halides is 3. The number of aromatic amines is 2. The number of H-pyrrole nitrogens is 2. The Bertz CT molecular complexity index is 2570. The fraction of sp³-hybridized carbons (Fsp3) is 0.111. The number of hydrogen-bond acceptors (Lipinski definition) is 3. The van der Waals surface area contributed by atoms with Crippen LogP contribution in [0.3, 0.4) is 0 Å². The van der Waals surface area contributed by atoms with E-state index in [4.69, 9.17) is 9.97 Å². The first-order valence-electron chi connectivity index (χ1n) is 17.7. The average Bonchev–Trinajstić information content (AvgIpc) is 4.00. The van der Waals surface area contributed by atoms with Crippen molar-refractivity contribution in [2.24, 2.45) is 0 Å². The van der Waals surface area contributed by atoms with Crippen molar-refractivity contribution < 1.29 is 13.2 Å². The molecule has 53 heavy (non-hydrogen) atoms. The minimum absolute atomic E-state index is 0.0463. The lowest BCUT2D eigenvalue weighted by atomic mass is 9.98. The summed E-state index contributed by atoms with van der Waals surface area (Å²) >= 11 is 0. The number of benzene rings is 3. The van der Waals surface area contributed by atoms with E-state index >= 15 is 0 Å². The van der Waals surface area contributed by atoms with Crippen LogP contribution >= 0.6 is 0 Å². The topological polar surface area (TPSA) is 60.6 Å². The Labute approximate surface area is 305 Å². The second-order valence-electron chi connectivity index (χ2n) is 13.0. The molecular weight excluding hydrogens is 668 g/mol. The normalized spacial score (nSPS) is 12.5. The van der Waals surface area contributed by atoms with Gasteiger partial charge < -0.3 is 14.9 Å². The summed E-state index contributed by atoms with van der Waals surface area (Å²) in [7, 11) is 0. The van der Waals surface area contributed by atoms with Gasteiger partial charge in [0.25, 0.3) is 0 Å². The van der Waals surface area contributed by atoms with Gasteiger partial charge in [-0.25, -0.2) is 9.97 Å². The first-order chi connectivity index (χ1) is 25.7. The maximum Gasteiger partial charge on any atom is 0.417 e. The van der Waals surface area contributed by atoms with E-state index < -0.39 is 11.7 Å². The zero-order valence-electron chi connectivity index (χ0n) is 29.2. The highest BCUT2D eigenvalue weighted by Crippen LogP contribution is 2.41. The smallest absolute Gasteiger partial charge is 0.372 e. The number of hydrogen-bond donors (Lipinski definition) is 2. The number of aromatic nitrogens is 4. The molecule has 0 unspecified atom stereocenters. The summed E-state index contributed by atoms with van der Waals surface area (Å²) in [5, 5.41) is 0. The van der Waals surface area contributed by atoms with Crippen LogP contribution in [0.15, 0.2) is 109 Å². The van der Waals surface area contributed by atoms with Gasteiger partial charge in [-0.2, -0.15) is 13.2 Å². The lowest BCUT2D eigenvalue weighted by Gasteiger charge is -2.20. The predicted octanol–water partition coefficient (Wildman–Crippen LogP) is 12.0. The quantitative estimate of drug-likeness (QED) is 0.162. The lowest BCUT2D eigenvalue weighted by Crippen LogP contribution is -2.21. The third-order valence-corrected chi connectivity index (χ3v) is 9.59. The maximum atomic E-state index is 14.5. The third kappa shape index (κ3) is 6.96. The number of nitrogens with one attached hydrogen (secondary N) is 2. The van der Waals surface area contributed by atoms with Crippen LogP contribution in [0.25, 0.3) is 80.8 Å². The Kier molecular flexibility index (Phi) is 8.88. The van der Waals surface area contributed by atoms with Crippen molar-refractivity contribution in [2.75, 3.05) is 18.0 Å². The second-order valence-corrected chi connectivity index (χ2v) is 13.0. The maximum absolute atomic E-state index is 14.5. The molecule has 2 aliphatic heterocycles. The molecule has 8 bridgehead atoms. The summed E-state index contributed by atoms with van der Waals surface area (Å²) < 4.78 is 43.4. The van der Waals surface area contributed by atoms with Gasteiger partial charge in [-0.3, -0.25) is 0 Å². The highest BCUT2D eigenvalue weighted by molar-refractivity contribution is 5.96. The van der Waals surface area contributed by atoms with Gasteiger partial charge in [0.15, 0.2) is 0 Å². The van der Waals surface area contributed by atoms with Gasteiger partial charge in [0.1, 0.15) is 0 Å². The SMILES string of the molecule is CCN(CC)c1ccc(/C=C/c2ccc(-c3c4nc(c(-c5ccccc5C(F)(F)F)c5ccc(cc6nc(cc7ccc3[nH]7)C=C6)[nH]5)C=C4)cc2)cc1. The molecule has 3 aromatic heterocycles. The van der Waals surface area contributed by atoms with Crippen molar-refractivity contribution in [2.45, 2.75) is 20.0 Å². The molecule has 6 aromatic rings. The zero-order chi connectivity index (χ0) is 36.5. The van der Waals surface area contributed by atoms with Crippen molar-refractivity contribution in [1.29, 1.82) is 0 Å². The molecule has 0 aliphatic carbocycles. The monoisotopic (exact) mass is 703 g/mol. The molecule has 0 atom stereocenters. The summed E-state index contributed by atoms with van der Waals surface area (Å²) in [5.41, 5.74) is 10.2. The van der Waals surface area contributed by atoms with Gasteiger partial charge in [0, 0.05) is 52.0 Å². The van der Waals surface area contributed by atoms with Crippen LogP contribution in [0.2, 0.25) is 0 Å². The zero-order valence-corrected chi connectivity index (χ0v) is 29.2. The van der Waals surface area contributed by atoms with Gasteiger partial charge >= 0.3 is 6.18 Å². The Hall–Kier alpha value is -6.41. The highest BCUT2D eigenvalue weighted by Gasteiger charge is 2.34. The van der Waals surface area contributed by atoms with Crippen molar-refractivity contribution in [3.8, 4) is 22.3 Å². The van der Waals surface area contributed by atoms with Crippen LogP contribution in [0.5, 0.6) is 0 Å². The fourth-order valence-corrected chi connectivity index (χ4v) is 6.95. The first-order valence-corrected chi connectivity index (χ1v) is 17.7. The van der Waals surface area contributed by atoms with E-state index in [-0.39, 0.29) is 5.56 Å². The Balaban J connectivity index is 1.29. The molecule has 2 aliphatic rings. The van der Waals surface area contributed by atoms with E-state index in [1.165, 1.54) is 17.8 Å². The summed E-state index contributed by atoms with van der Waals surface area (Å²) in [6.45, 7) is 6.24. The molecule has 2 N–H and O–H groups in total. The highest BCUT2D eigenvalue weighted by atomic mass is 19.4. The first kappa shape index (κ1) is 33.7. The molecule has 0 spiro atoms. The molecule has 0 fully saturated rings. The largest absolute Gasteiger partial charge is 0.417 e. The van der Waals surface area contributed by atoms with Crippen LogP contribution in [0.4, 0.5) is 18.9 Å². The van der Waals surface area contributed by atoms with Crippen molar-refractivity contribution in [1.82, 2.24) is 19.9 Å². The number of anilines is 1. The van der Waals surface area contributed by atoms with Crippen LogP contribution in [0, 0.1) is 0 Å². The molecule has 5 heterocycles. The van der Waals surface area contributed by atoms with Crippen LogP contribution in [-0.2, 0) is 6.18 Å². The van der Waals surface area contributed by atoms with Crippen molar-refractivity contribution in [3.63, 3.8) is 0 Å². The van der Waals surface area contributed by atoms with Gasteiger partial charge in [0.2, 0.25) is 0 Å². The van der Waals surface area contributed by atoms with Gasteiger partial charge in [-0.15, -0.1) is 0 Å². The average molecular weight is 704 g/mol. The lowest BCUT2D eigenvalue weighted by molar-refractivity contribution is -0.137. The Morgan fingerprint density at radius 2 is 1.15 bits per heavy atom. The van der Waals surface area contributed by atoms with E-state index in [0.717, 1.165) is 63.8 Å². The third-order valence-electron chi connectivity index (χ3n) is 9.59. The summed E-state index contributed by atoms with van der Waals surface area (Å²) in [4.78, 5) is 19.0. The van der Waals surface area contributed by atoms with Crippen LogP contribution < -0.4 is 4.90 Å². The second kappa shape index (κ2) is 14.0. The van der Waals surface area contributed by atoms with Crippen molar-refractivity contribution in [3.05, 3.63) is 149 Å². The number of fused-ring (bicyclic) bond motifs is 8. The fourth-order valence-electron chi connectivity index (χ4n) is 6.95. The molecule has 0 amide bonds. The van der Waals surface area contributed by atoms with E-state index in [1.54, 1.807) is 18.2 Å². The predicted molar refractivity (Wildman–Crippen MR) is 214 cm³/mol. The van der Waals surface area contributed by atoms with E-state index in [2.05, 4.69) is 89.4 Å². The summed E-state index contributed by atoms with van der Waals surface area (Å²) in [5.74, 6) is 0. The minimum atomic E-state index is -4.56. The standard InChI is InChI=1S/C45H36F3N5/c1-3-53(4-2)36-21-13-30(14-22-36)10-9-29-11-15-31(16-12-29)43-39-23-19-34(50-39)27-32-17-18-33(49-32)28-35-20-24-41(51-35)44(42-26-25-40(43)52-42)37-7-5-6-8-38(37)45(46,47)48/h5-28,50-51H,3-4H2,1-2H3/b10-9+,32-27?,33-28?,34-27?,35-28?,43-39?,43-40?,44-41?,44-42?. The molecule has 3 aromatic carbocycles. The van der Waals surface area contributed by atoms with Gasteiger partial charge in [-0.05, 0) is 115 Å². The molecule has 8 heteroatoms.